The highest BCUT2D eigenvalue weighted by atomic mass is 127. The molecular formula is C48H84INO6Si2. The summed E-state index contributed by atoms with van der Waals surface area (Å²) in [5.41, 5.74) is 10.4. The number of amides is 1. The molecule has 0 heterocycles. The number of carbonyl (C=O) groups excluding carboxylic acids is 2. The molecule has 0 unspecified atom stereocenters. The Labute approximate surface area is 371 Å². The molecule has 0 saturated carbocycles. The third-order valence-electron chi connectivity index (χ3n) is 11.7. The van der Waals surface area contributed by atoms with Gasteiger partial charge in [0.25, 0.3) is 0 Å². The van der Waals surface area contributed by atoms with Gasteiger partial charge in [-0.05, 0) is 83.3 Å². The van der Waals surface area contributed by atoms with E-state index in [0.717, 1.165) is 30.4 Å². The third-order valence-corrected chi connectivity index (χ3v) is 24.3. The smallest absolute Gasteiger partial charge is 0.404 e. The van der Waals surface area contributed by atoms with E-state index in [1.165, 1.54) is 0 Å². The van der Waals surface area contributed by atoms with Gasteiger partial charge in [-0.15, -0.1) is 13.2 Å². The maximum Gasteiger partial charge on any atom is 0.404 e. The molecule has 0 aromatic heterocycles. The standard InChI is InChI=1S/C48H84INO6Si2/c1-18-43(55-57(34(3)4,35(5)6)36(7)8)27-23-21-25-29-47(51)53-46(42(17)32-41(16)30-31-49)33-40(15)26-22-20-24-28-45(54-48(50)52)44(19-2)56-58(37(9)10,38(11)12)39(13)14/h18-20,22,25-26,29-32,34-39,42-46H,1-2,21,23-24,27-28,33H2,3-17H3,(H2,50,52)/b22-20+,29-25+,31-30+,40-26+,41-32+/t42-,43-,44+,45+,46-/m1/s1. The van der Waals surface area contributed by atoms with E-state index < -0.39 is 34.9 Å². The average molecular weight is 954 g/mol. The quantitative estimate of drug-likeness (QED) is 0.0153. The Morgan fingerprint density at radius 3 is 1.69 bits per heavy atom. The molecule has 10 heteroatoms. The Morgan fingerprint density at radius 2 is 1.22 bits per heavy atom. The monoisotopic (exact) mass is 953 g/mol. The first kappa shape index (κ1) is 56.0. The van der Waals surface area contributed by atoms with Crippen LogP contribution >= 0.6 is 22.6 Å². The van der Waals surface area contributed by atoms with Crippen molar-refractivity contribution in [1.29, 1.82) is 0 Å². The zero-order chi connectivity index (χ0) is 44.8. The summed E-state index contributed by atoms with van der Waals surface area (Å²) in [4.78, 5) is 25.1. The number of carbonyl (C=O) groups is 2. The van der Waals surface area contributed by atoms with Gasteiger partial charge in [0.1, 0.15) is 18.3 Å². The van der Waals surface area contributed by atoms with Crippen LogP contribution in [0, 0.1) is 5.92 Å². The largest absolute Gasteiger partial charge is 0.458 e. The second kappa shape index (κ2) is 28.5. The second-order valence-corrected chi connectivity index (χ2v) is 29.4. The number of rotatable bonds is 29. The fraction of sp³-hybridized carbons (Fsp3) is 0.667. The van der Waals surface area contributed by atoms with E-state index in [4.69, 9.17) is 24.1 Å². The molecule has 0 aliphatic rings. The SMILES string of the molecule is C=C[C@H](CCC/C=C/C(=O)O[C@H](C/C(C)=C/C=C/CC[C@H](OC(N)=O)[C@H](C=C)O[Si](C(C)C)(C(C)C)C(C)C)[C@H](C)/C=C(C)/C=C/I)O[Si](C(C)C)(C(C)C)C(C)C. The van der Waals surface area contributed by atoms with Gasteiger partial charge in [-0.3, -0.25) is 0 Å². The molecule has 0 bridgehead atoms. The van der Waals surface area contributed by atoms with Crippen LogP contribution in [0.5, 0.6) is 0 Å². The fourth-order valence-electron chi connectivity index (χ4n) is 9.05. The maximum absolute atomic E-state index is 13.2. The van der Waals surface area contributed by atoms with Gasteiger partial charge in [-0.1, -0.05) is 172 Å². The normalized spacial score (nSPS) is 16.4. The lowest BCUT2D eigenvalue weighted by Gasteiger charge is -2.45. The van der Waals surface area contributed by atoms with E-state index in [-0.39, 0.29) is 24.1 Å². The Bertz CT molecular complexity index is 1350. The van der Waals surface area contributed by atoms with E-state index in [0.29, 0.717) is 52.5 Å². The summed E-state index contributed by atoms with van der Waals surface area (Å²) >= 11 is 2.21. The zero-order valence-corrected chi connectivity index (χ0v) is 43.3. The molecule has 0 aromatic rings. The van der Waals surface area contributed by atoms with Gasteiger partial charge in [-0.2, -0.15) is 0 Å². The van der Waals surface area contributed by atoms with E-state index in [1.807, 2.05) is 28.4 Å². The van der Waals surface area contributed by atoms with Gasteiger partial charge < -0.3 is 24.1 Å². The third kappa shape index (κ3) is 18.3. The lowest BCUT2D eigenvalue weighted by Crippen LogP contribution is -2.52. The zero-order valence-electron chi connectivity index (χ0n) is 39.2. The fourth-order valence-corrected chi connectivity index (χ4v) is 20.7. The Hall–Kier alpha value is -2.00. The minimum absolute atomic E-state index is 0.00388. The molecular weight excluding hydrogens is 870 g/mol. The van der Waals surface area contributed by atoms with Gasteiger partial charge in [-0.25, -0.2) is 9.59 Å². The first-order valence-electron chi connectivity index (χ1n) is 21.8. The number of allylic oxidation sites excluding steroid dienone is 6. The number of primary amides is 1. The lowest BCUT2D eigenvalue weighted by atomic mass is 9.95. The molecule has 5 atom stereocenters. The summed E-state index contributed by atoms with van der Waals surface area (Å²) in [5.74, 6) is -0.340. The minimum Gasteiger partial charge on any atom is -0.458 e. The Kier molecular flexibility index (Phi) is 27.5. The van der Waals surface area contributed by atoms with Crippen LogP contribution in [-0.4, -0.2) is 53.1 Å². The van der Waals surface area contributed by atoms with Crippen molar-refractivity contribution in [3.05, 3.63) is 83.1 Å². The van der Waals surface area contributed by atoms with Crippen molar-refractivity contribution in [3.8, 4) is 0 Å². The number of halogens is 1. The number of ether oxygens (including phenoxy) is 2. The number of nitrogens with two attached hydrogens (primary N) is 1. The van der Waals surface area contributed by atoms with Crippen molar-refractivity contribution in [2.75, 3.05) is 0 Å². The molecule has 0 spiro atoms. The van der Waals surface area contributed by atoms with Gasteiger partial charge in [0.05, 0.1) is 6.10 Å². The van der Waals surface area contributed by atoms with Gasteiger partial charge in [0.15, 0.2) is 0 Å². The second-order valence-electron chi connectivity index (χ2n) is 17.9. The van der Waals surface area contributed by atoms with Crippen molar-refractivity contribution >= 4 is 51.3 Å². The van der Waals surface area contributed by atoms with Crippen LogP contribution in [0.4, 0.5) is 4.79 Å². The Balaban J connectivity index is 5.82. The van der Waals surface area contributed by atoms with E-state index in [1.54, 1.807) is 12.2 Å². The molecule has 0 saturated heterocycles. The minimum atomic E-state index is -2.27. The molecule has 7 nitrogen and oxygen atoms in total. The summed E-state index contributed by atoms with van der Waals surface area (Å²) in [6.07, 6.45) is 19.7. The Morgan fingerprint density at radius 1 is 0.690 bits per heavy atom. The van der Waals surface area contributed by atoms with Crippen LogP contribution in [0.25, 0.3) is 0 Å². The molecule has 332 valence electrons. The van der Waals surface area contributed by atoms with Crippen LogP contribution in [0.3, 0.4) is 0 Å². The van der Waals surface area contributed by atoms with Crippen LogP contribution in [-0.2, 0) is 23.1 Å². The molecule has 58 heavy (non-hydrogen) atoms. The summed E-state index contributed by atoms with van der Waals surface area (Å²) in [6, 6.07) is 0. The van der Waals surface area contributed by atoms with Crippen molar-refractivity contribution < 1.29 is 27.9 Å². The highest BCUT2D eigenvalue weighted by Gasteiger charge is 2.48. The molecule has 0 aliphatic heterocycles. The van der Waals surface area contributed by atoms with Crippen molar-refractivity contribution in [1.82, 2.24) is 0 Å². The predicted octanol–water partition coefficient (Wildman–Crippen LogP) is 14.8. The molecule has 0 aliphatic carbocycles. The van der Waals surface area contributed by atoms with Crippen LogP contribution in [0.15, 0.2) is 83.1 Å². The van der Waals surface area contributed by atoms with Crippen molar-refractivity contribution in [2.24, 2.45) is 11.7 Å². The molecule has 0 radical (unpaired) electrons. The van der Waals surface area contributed by atoms with Gasteiger partial charge in [0, 0.05) is 18.4 Å². The molecule has 2 N–H and O–H groups in total. The summed E-state index contributed by atoms with van der Waals surface area (Å²) in [7, 11) is -4.28. The van der Waals surface area contributed by atoms with Crippen LogP contribution in [0.1, 0.15) is 142 Å². The average Bonchev–Trinajstić information content (AvgIpc) is 3.11. The highest BCUT2D eigenvalue weighted by Crippen LogP contribution is 2.45. The van der Waals surface area contributed by atoms with E-state index in [2.05, 4.69) is 158 Å². The summed E-state index contributed by atoms with van der Waals surface area (Å²) < 4.78 is 27.6. The number of hydrogen-bond donors (Lipinski definition) is 1. The summed E-state index contributed by atoms with van der Waals surface area (Å²) in [6.45, 7) is 41.5. The van der Waals surface area contributed by atoms with Crippen molar-refractivity contribution in [2.45, 2.75) is 200 Å². The lowest BCUT2D eigenvalue weighted by molar-refractivity contribution is -0.144. The first-order chi connectivity index (χ1) is 27.1. The number of hydrogen-bond acceptors (Lipinski definition) is 6. The number of unbranched alkanes of at least 4 members (excludes halogenated alkanes) is 1. The van der Waals surface area contributed by atoms with Gasteiger partial charge in [0.2, 0.25) is 16.6 Å². The highest BCUT2D eigenvalue weighted by molar-refractivity contribution is 14.1. The molecule has 0 rings (SSSR count). The molecule has 1 amide bonds. The van der Waals surface area contributed by atoms with Crippen LogP contribution < -0.4 is 5.73 Å². The molecule has 0 fully saturated rings. The maximum atomic E-state index is 13.2. The predicted molar refractivity (Wildman–Crippen MR) is 262 cm³/mol. The van der Waals surface area contributed by atoms with Crippen molar-refractivity contribution in [3.63, 3.8) is 0 Å². The topological polar surface area (TPSA) is 97.1 Å². The van der Waals surface area contributed by atoms with E-state index >= 15 is 0 Å². The van der Waals surface area contributed by atoms with Crippen LogP contribution in [0.2, 0.25) is 33.2 Å². The number of esters is 1. The summed E-state index contributed by atoms with van der Waals surface area (Å²) in [5, 5.41) is 0. The first-order valence-corrected chi connectivity index (χ1v) is 27.3. The molecule has 0 aromatic carbocycles. The van der Waals surface area contributed by atoms with Gasteiger partial charge >= 0.3 is 12.1 Å². The van der Waals surface area contributed by atoms with E-state index in [9.17, 15) is 9.59 Å².